The third-order valence-corrected chi connectivity index (χ3v) is 4.06. The van der Waals surface area contributed by atoms with E-state index in [-0.39, 0.29) is 5.92 Å². The quantitative estimate of drug-likeness (QED) is 0.882. The van der Waals surface area contributed by atoms with Crippen LogP contribution in [0.25, 0.3) is 11.4 Å². The lowest BCUT2D eigenvalue weighted by atomic mass is 10.1. The summed E-state index contributed by atoms with van der Waals surface area (Å²) in [6, 6.07) is 7.84. The van der Waals surface area contributed by atoms with E-state index in [9.17, 15) is 4.79 Å². The van der Waals surface area contributed by atoms with Crippen molar-refractivity contribution in [1.29, 1.82) is 0 Å². The minimum absolute atomic E-state index is 0.376. The highest BCUT2D eigenvalue weighted by molar-refractivity contribution is 7.98. The maximum Gasteiger partial charge on any atom is 0.307 e. The monoisotopic (exact) mass is 292 g/mol. The number of benzene rings is 1. The Bertz CT molecular complexity index is 598. The maximum absolute atomic E-state index is 10.7. The summed E-state index contributed by atoms with van der Waals surface area (Å²) in [7, 11) is 0. The number of aryl methyl sites for hydroxylation is 1. The van der Waals surface area contributed by atoms with Crippen molar-refractivity contribution in [2.45, 2.75) is 19.6 Å². The minimum atomic E-state index is -0.788. The topological polar surface area (TPSA) is 76.2 Å². The molecule has 0 amide bonds. The third-order valence-electron chi connectivity index (χ3n) is 2.87. The highest BCUT2D eigenvalue weighted by Gasteiger charge is 2.13. The van der Waals surface area contributed by atoms with E-state index >= 15 is 0 Å². The lowest BCUT2D eigenvalue weighted by Crippen LogP contribution is -2.11. The zero-order valence-electron chi connectivity index (χ0n) is 11.4. The van der Waals surface area contributed by atoms with Gasteiger partial charge in [-0.25, -0.2) is 0 Å². The molecule has 1 unspecified atom stereocenters. The summed E-state index contributed by atoms with van der Waals surface area (Å²) in [6.07, 6.45) is 0. The van der Waals surface area contributed by atoms with Gasteiger partial charge in [-0.05, 0) is 12.5 Å². The molecule has 6 heteroatoms. The van der Waals surface area contributed by atoms with Crippen LogP contribution in [-0.4, -0.2) is 27.0 Å². The van der Waals surface area contributed by atoms with Gasteiger partial charge in [0.2, 0.25) is 11.7 Å². The van der Waals surface area contributed by atoms with Gasteiger partial charge in [-0.15, -0.1) is 0 Å². The predicted molar refractivity (Wildman–Crippen MR) is 77.4 cm³/mol. The zero-order chi connectivity index (χ0) is 14.5. The van der Waals surface area contributed by atoms with Crippen molar-refractivity contribution in [3.8, 4) is 11.4 Å². The number of hydrogen-bond acceptors (Lipinski definition) is 5. The Balaban J connectivity index is 1.96. The maximum atomic E-state index is 10.7. The van der Waals surface area contributed by atoms with Crippen molar-refractivity contribution in [2.24, 2.45) is 5.92 Å². The average molecular weight is 292 g/mol. The molecule has 0 saturated heterocycles. The Labute approximate surface area is 121 Å². The van der Waals surface area contributed by atoms with Crippen molar-refractivity contribution < 1.29 is 14.4 Å². The smallest absolute Gasteiger partial charge is 0.307 e. The average Bonchev–Trinajstić information content (AvgIpc) is 2.87. The van der Waals surface area contributed by atoms with Gasteiger partial charge >= 0.3 is 5.97 Å². The molecular formula is C14H16N2O3S. The van der Waals surface area contributed by atoms with E-state index < -0.39 is 5.97 Å². The van der Waals surface area contributed by atoms with Crippen LogP contribution in [0.3, 0.4) is 0 Å². The molecule has 2 aromatic rings. The Hall–Kier alpha value is -1.82. The van der Waals surface area contributed by atoms with E-state index in [0.717, 1.165) is 11.1 Å². The number of nitrogens with zero attached hydrogens (tertiary/aromatic N) is 2. The molecule has 0 aliphatic heterocycles. The van der Waals surface area contributed by atoms with Crippen molar-refractivity contribution in [2.75, 3.05) is 5.75 Å². The minimum Gasteiger partial charge on any atom is -0.481 e. The van der Waals surface area contributed by atoms with Gasteiger partial charge in [0, 0.05) is 11.3 Å². The van der Waals surface area contributed by atoms with Gasteiger partial charge in [-0.1, -0.05) is 36.3 Å². The molecule has 0 spiro atoms. The first-order valence-electron chi connectivity index (χ1n) is 6.27. The number of rotatable bonds is 6. The van der Waals surface area contributed by atoms with E-state index in [0.29, 0.717) is 23.2 Å². The lowest BCUT2D eigenvalue weighted by Gasteiger charge is -2.02. The Morgan fingerprint density at radius 3 is 2.90 bits per heavy atom. The summed E-state index contributed by atoms with van der Waals surface area (Å²) >= 11 is 1.48. The number of thioether (sulfide) groups is 1. The van der Waals surface area contributed by atoms with Crippen molar-refractivity contribution >= 4 is 17.7 Å². The highest BCUT2D eigenvalue weighted by Crippen LogP contribution is 2.21. The van der Waals surface area contributed by atoms with E-state index in [1.54, 1.807) is 6.92 Å². The molecule has 1 heterocycles. The molecule has 1 aromatic carbocycles. The van der Waals surface area contributed by atoms with Gasteiger partial charge in [0.25, 0.3) is 0 Å². The van der Waals surface area contributed by atoms with Crippen LogP contribution in [0.4, 0.5) is 0 Å². The number of aliphatic carboxylic acids is 1. The fourth-order valence-corrected chi connectivity index (χ4v) is 2.55. The van der Waals surface area contributed by atoms with Crippen LogP contribution in [0, 0.1) is 12.8 Å². The molecule has 0 aliphatic carbocycles. The van der Waals surface area contributed by atoms with Gasteiger partial charge in [0.15, 0.2) is 0 Å². The largest absolute Gasteiger partial charge is 0.481 e. The van der Waals surface area contributed by atoms with Crippen LogP contribution in [-0.2, 0) is 10.5 Å². The van der Waals surface area contributed by atoms with Crippen LogP contribution in [0.15, 0.2) is 28.8 Å². The normalized spacial score (nSPS) is 12.3. The third kappa shape index (κ3) is 3.60. The first kappa shape index (κ1) is 14.6. The van der Waals surface area contributed by atoms with Crippen LogP contribution >= 0.6 is 11.8 Å². The number of carbonyl (C=O) groups is 1. The molecule has 0 saturated carbocycles. The second-order valence-corrected chi connectivity index (χ2v) is 5.61. The van der Waals surface area contributed by atoms with Crippen LogP contribution in [0.2, 0.25) is 0 Å². The Morgan fingerprint density at radius 1 is 1.45 bits per heavy atom. The lowest BCUT2D eigenvalue weighted by molar-refractivity contribution is -0.140. The van der Waals surface area contributed by atoms with E-state index in [1.165, 1.54) is 11.8 Å². The van der Waals surface area contributed by atoms with E-state index in [1.807, 2.05) is 31.2 Å². The zero-order valence-corrected chi connectivity index (χ0v) is 12.2. The number of hydrogen-bond donors (Lipinski definition) is 1. The van der Waals surface area contributed by atoms with Crippen LogP contribution < -0.4 is 0 Å². The van der Waals surface area contributed by atoms with E-state index in [2.05, 4.69) is 10.1 Å². The number of carboxylic acids is 1. The Morgan fingerprint density at radius 2 is 2.20 bits per heavy atom. The summed E-state index contributed by atoms with van der Waals surface area (Å²) in [4.78, 5) is 15.0. The summed E-state index contributed by atoms with van der Waals surface area (Å²) in [5.41, 5.74) is 2.04. The fourth-order valence-electron chi connectivity index (χ4n) is 1.64. The molecule has 2 rings (SSSR count). The van der Waals surface area contributed by atoms with Crippen LogP contribution in [0.5, 0.6) is 0 Å². The van der Waals surface area contributed by atoms with E-state index in [4.69, 9.17) is 9.63 Å². The van der Waals surface area contributed by atoms with Gasteiger partial charge in [0.1, 0.15) is 0 Å². The molecule has 1 atom stereocenters. The number of aromatic nitrogens is 2. The fraction of sp³-hybridized carbons (Fsp3) is 0.357. The Kier molecular flexibility index (Phi) is 4.79. The van der Waals surface area contributed by atoms with Gasteiger partial charge in [-0.2, -0.15) is 16.7 Å². The summed E-state index contributed by atoms with van der Waals surface area (Å²) < 4.78 is 5.19. The molecule has 1 aromatic heterocycles. The standard InChI is InChI=1S/C14H16N2O3S/c1-9-5-3-4-6-11(9)13-15-12(19-16-13)8-20-7-10(2)14(17)18/h3-6,10H,7-8H2,1-2H3,(H,17,18). The summed E-state index contributed by atoms with van der Waals surface area (Å²) in [6.45, 7) is 3.68. The molecule has 106 valence electrons. The molecule has 0 radical (unpaired) electrons. The summed E-state index contributed by atoms with van der Waals surface area (Å²) in [5.74, 6) is 0.978. The second kappa shape index (κ2) is 6.56. The first-order valence-corrected chi connectivity index (χ1v) is 7.42. The van der Waals surface area contributed by atoms with Gasteiger partial charge in [-0.3, -0.25) is 4.79 Å². The number of carboxylic acid groups (broad SMARTS) is 1. The molecule has 20 heavy (non-hydrogen) atoms. The van der Waals surface area contributed by atoms with Gasteiger partial charge < -0.3 is 9.63 Å². The first-order chi connectivity index (χ1) is 9.58. The highest BCUT2D eigenvalue weighted by atomic mass is 32.2. The molecule has 0 bridgehead atoms. The summed E-state index contributed by atoms with van der Waals surface area (Å²) in [5, 5.41) is 12.8. The molecule has 0 fully saturated rings. The van der Waals surface area contributed by atoms with Crippen LogP contribution in [0.1, 0.15) is 18.4 Å². The van der Waals surface area contributed by atoms with Gasteiger partial charge in [0.05, 0.1) is 11.7 Å². The molecule has 0 aliphatic rings. The molecule has 1 N–H and O–H groups in total. The molecular weight excluding hydrogens is 276 g/mol. The SMILES string of the molecule is Cc1ccccc1-c1noc(CSCC(C)C(=O)O)n1. The predicted octanol–water partition coefficient (Wildman–Crippen LogP) is 3.00. The second-order valence-electron chi connectivity index (χ2n) is 4.58. The van der Waals surface area contributed by atoms with Crippen molar-refractivity contribution in [3.63, 3.8) is 0 Å². The molecule has 5 nitrogen and oxygen atoms in total. The van der Waals surface area contributed by atoms with Crippen molar-refractivity contribution in [1.82, 2.24) is 10.1 Å². The van der Waals surface area contributed by atoms with Crippen molar-refractivity contribution in [3.05, 3.63) is 35.7 Å².